The van der Waals surface area contributed by atoms with Gasteiger partial charge in [-0.05, 0) is 18.9 Å². The van der Waals surface area contributed by atoms with Crippen LogP contribution in [-0.2, 0) is 9.63 Å². The average Bonchev–Trinajstić information content (AvgIpc) is 2.96. The van der Waals surface area contributed by atoms with E-state index in [1.54, 1.807) is 6.92 Å². The second-order valence-electron chi connectivity index (χ2n) is 5.27. The smallest absolute Gasteiger partial charge is 0.264 e. The van der Waals surface area contributed by atoms with Crippen molar-refractivity contribution >= 4 is 11.6 Å². The van der Waals surface area contributed by atoms with Crippen LogP contribution in [0, 0.1) is 0 Å². The van der Waals surface area contributed by atoms with Crippen LogP contribution in [0.1, 0.15) is 32.3 Å². The van der Waals surface area contributed by atoms with Gasteiger partial charge in [-0.1, -0.05) is 42.4 Å². The highest BCUT2D eigenvalue weighted by Crippen LogP contribution is 2.17. The van der Waals surface area contributed by atoms with Gasteiger partial charge in [0.05, 0.1) is 11.3 Å². The lowest BCUT2D eigenvalue weighted by Gasteiger charge is -2.22. The molecule has 1 amide bonds. The maximum atomic E-state index is 12.0. The predicted molar refractivity (Wildman–Crippen MR) is 76.4 cm³/mol. The molecule has 2 unspecified atom stereocenters. The topological polar surface area (TPSA) is 70.9 Å². The number of rotatable bonds is 5. The third kappa shape index (κ3) is 3.57. The average molecular weight is 276 g/mol. The molecule has 0 spiro atoms. The molecule has 0 saturated carbocycles. The van der Waals surface area contributed by atoms with Crippen LogP contribution in [0.5, 0.6) is 0 Å². The van der Waals surface area contributed by atoms with Gasteiger partial charge in [0, 0.05) is 13.0 Å². The van der Waals surface area contributed by atoms with Crippen LogP contribution in [-0.4, -0.2) is 35.0 Å². The van der Waals surface area contributed by atoms with E-state index in [1.165, 1.54) is 0 Å². The lowest BCUT2D eigenvalue weighted by atomic mass is 10.0. The molecule has 5 nitrogen and oxygen atoms in total. The summed E-state index contributed by atoms with van der Waals surface area (Å²) < 4.78 is 0. The molecule has 0 saturated heterocycles. The minimum atomic E-state index is -0.891. The SMILES string of the molecule is CCC(C)(O)CNC(=O)C1CC(c2ccccc2)=NO1. The number of nitrogens with zero attached hydrogens (tertiary/aromatic N) is 1. The minimum Gasteiger partial charge on any atom is -0.388 e. The number of carbonyl (C=O) groups excluding carboxylic acids is 1. The van der Waals surface area contributed by atoms with Gasteiger partial charge in [0.2, 0.25) is 6.10 Å². The van der Waals surface area contributed by atoms with Crippen molar-refractivity contribution in [2.24, 2.45) is 5.16 Å². The molecule has 2 atom stereocenters. The minimum absolute atomic E-state index is 0.211. The zero-order valence-corrected chi connectivity index (χ0v) is 11.8. The fourth-order valence-corrected chi connectivity index (χ4v) is 1.84. The Morgan fingerprint density at radius 1 is 1.50 bits per heavy atom. The second-order valence-corrected chi connectivity index (χ2v) is 5.27. The Morgan fingerprint density at radius 2 is 2.20 bits per heavy atom. The fraction of sp³-hybridized carbons (Fsp3) is 0.467. The molecule has 20 heavy (non-hydrogen) atoms. The first kappa shape index (κ1) is 14.5. The molecule has 1 heterocycles. The van der Waals surface area contributed by atoms with E-state index < -0.39 is 11.7 Å². The van der Waals surface area contributed by atoms with Gasteiger partial charge in [-0.3, -0.25) is 4.79 Å². The lowest BCUT2D eigenvalue weighted by Crippen LogP contribution is -2.44. The van der Waals surface area contributed by atoms with Crippen LogP contribution in [0.3, 0.4) is 0 Å². The number of oxime groups is 1. The summed E-state index contributed by atoms with van der Waals surface area (Å²) in [4.78, 5) is 17.1. The summed E-state index contributed by atoms with van der Waals surface area (Å²) >= 11 is 0. The van der Waals surface area contributed by atoms with Gasteiger partial charge in [-0.25, -0.2) is 0 Å². The number of hydrogen-bond donors (Lipinski definition) is 2. The number of carbonyl (C=O) groups is 1. The van der Waals surface area contributed by atoms with Gasteiger partial charge in [-0.2, -0.15) is 0 Å². The summed E-state index contributed by atoms with van der Waals surface area (Å²) in [5, 5.41) is 16.5. The highest BCUT2D eigenvalue weighted by molar-refractivity contribution is 6.04. The van der Waals surface area contributed by atoms with E-state index >= 15 is 0 Å². The number of benzene rings is 1. The molecule has 5 heteroatoms. The molecular formula is C15H20N2O3. The molecule has 0 radical (unpaired) electrons. The van der Waals surface area contributed by atoms with Crippen molar-refractivity contribution in [3.63, 3.8) is 0 Å². The molecule has 108 valence electrons. The molecule has 1 aromatic rings. The van der Waals surface area contributed by atoms with Crippen molar-refractivity contribution in [1.29, 1.82) is 0 Å². The normalized spacial score (nSPS) is 20.8. The summed E-state index contributed by atoms with van der Waals surface area (Å²) in [6, 6.07) is 9.64. The monoisotopic (exact) mass is 276 g/mol. The summed E-state index contributed by atoms with van der Waals surface area (Å²) in [6.45, 7) is 3.77. The van der Waals surface area contributed by atoms with Crippen LogP contribution in [0.25, 0.3) is 0 Å². The van der Waals surface area contributed by atoms with Crippen LogP contribution in [0.4, 0.5) is 0 Å². The second kappa shape index (κ2) is 6.05. The zero-order valence-electron chi connectivity index (χ0n) is 11.8. The first-order valence-electron chi connectivity index (χ1n) is 6.80. The first-order chi connectivity index (χ1) is 9.52. The molecule has 0 bridgehead atoms. The maximum Gasteiger partial charge on any atom is 0.264 e. The Morgan fingerprint density at radius 3 is 2.85 bits per heavy atom. The van der Waals surface area contributed by atoms with Gasteiger partial charge in [0.1, 0.15) is 0 Å². The number of hydrogen-bond acceptors (Lipinski definition) is 4. The van der Waals surface area contributed by atoms with E-state index in [2.05, 4.69) is 10.5 Å². The molecule has 1 aliphatic rings. The van der Waals surface area contributed by atoms with Crippen LogP contribution in [0.2, 0.25) is 0 Å². The fourth-order valence-electron chi connectivity index (χ4n) is 1.84. The van der Waals surface area contributed by atoms with Gasteiger partial charge < -0.3 is 15.3 Å². The summed E-state index contributed by atoms with van der Waals surface area (Å²) in [7, 11) is 0. The third-order valence-electron chi connectivity index (χ3n) is 3.47. The Balaban J connectivity index is 1.87. The Kier molecular flexibility index (Phi) is 4.39. The Labute approximate surface area is 118 Å². The molecular weight excluding hydrogens is 256 g/mol. The predicted octanol–water partition coefficient (Wildman–Crippen LogP) is 1.46. The molecule has 0 aliphatic carbocycles. The first-order valence-corrected chi connectivity index (χ1v) is 6.80. The summed E-state index contributed by atoms with van der Waals surface area (Å²) in [5.41, 5.74) is 0.841. The van der Waals surface area contributed by atoms with E-state index in [-0.39, 0.29) is 12.5 Å². The third-order valence-corrected chi connectivity index (χ3v) is 3.47. The van der Waals surface area contributed by atoms with Gasteiger partial charge >= 0.3 is 0 Å². The maximum absolute atomic E-state index is 12.0. The van der Waals surface area contributed by atoms with Crippen molar-refractivity contribution in [2.45, 2.75) is 38.4 Å². The van der Waals surface area contributed by atoms with Crippen molar-refractivity contribution in [2.75, 3.05) is 6.54 Å². The van der Waals surface area contributed by atoms with E-state index in [0.717, 1.165) is 11.3 Å². The van der Waals surface area contributed by atoms with E-state index in [1.807, 2.05) is 37.3 Å². The van der Waals surface area contributed by atoms with E-state index in [9.17, 15) is 9.90 Å². The molecule has 2 rings (SSSR count). The summed E-state index contributed by atoms with van der Waals surface area (Å²) in [5.74, 6) is -0.242. The van der Waals surface area contributed by atoms with E-state index in [0.29, 0.717) is 12.8 Å². The van der Waals surface area contributed by atoms with Crippen molar-refractivity contribution in [3.05, 3.63) is 35.9 Å². The van der Waals surface area contributed by atoms with E-state index in [4.69, 9.17) is 4.84 Å². The quantitative estimate of drug-likeness (QED) is 0.855. The van der Waals surface area contributed by atoms with Gasteiger partial charge in [0.15, 0.2) is 0 Å². The highest BCUT2D eigenvalue weighted by Gasteiger charge is 2.30. The molecule has 1 aliphatic heterocycles. The Hall–Kier alpha value is -1.88. The van der Waals surface area contributed by atoms with Crippen molar-refractivity contribution in [1.82, 2.24) is 5.32 Å². The molecule has 1 aromatic carbocycles. The number of amides is 1. The van der Waals surface area contributed by atoms with Gasteiger partial charge in [-0.15, -0.1) is 0 Å². The zero-order chi connectivity index (χ0) is 14.6. The van der Waals surface area contributed by atoms with Crippen molar-refractivity contribution < 1.29 is 14.7 Å². The van der Waals surface area contributed by atoms with Crippen LogP contribution >= 0.6 is 0 Å². The van der Waals surface area contributed by atoms with Crippen LogP contribution in [0.15, 0.2) is 35.5 Å². The molecule has 0 fully saturated rings. The summed E-state index contributed by atoms with van der Waals surface area (Å²) in [6.07, 6.45) is 0.409. The largest absolute Gasteiger partial charge is 0.388 e. The number of aliphatic hydroxyl groups is 1. The molecule has 0 aromatic heterocycles. The Bertz CT molecular complexity index is 497. The van der Waals surface area contributed by atoms with Crippen molar-refractivity contribution in [3.8, 4) is 0 Å². The van der Waals surface area contributed by atoms with Gasteiger partial charge in [0.25, 0.3) is 5.91 Å². The standard InChI is InChI=1S/C15H20N2O3/c1-3-15(2,19)10-16-14(18)13-9-12(17-20-13)11-7-5-4-6-8-11/h4-8,13,19H,3,9-10H2,1-2H3,(H,16,18). The highest BCUT2D eigenvalue weighted by atomic mass is 16.6. The lowest BCUT2D eigenvalue weighted by molar-refractivity contribution is -0.132. The van der Waals surface area contributed by atoms with Crippen LogP contribution < -0.4 is 5.32 Å². The number of nitrogens with one attached hydrogen (secondary N) is 1. The molecule has 2 N–H and O–H groups in total.